The van der Waals surface area contributed by atoms with Gasteiger partial charge in [-0.3, -0.25) is 18.7 Å². The molecule has 148 valence electrons. The van der Waals surface area contributed by atoms with Crippen molar-refractivity contribution in [3.8, 4) is 0 Å². The zero-order valence-corrected chi connectivity index (χ0v) is 16.9. The molecule has 0 aliphatic carbocycles. The number of aromatic nitrogens is 3. The molecule has 0 saturated carbocycles. The molecule has 1 N–H and O–H groups in total. The second kappa shape index (κ2) is 7.50. The number of amides is 1. The number of rotatable bonds is 5. The number of anilines is 1. The van der Waals surface area contributed by atoms with Gasteiger partial charge in [0.2, 0.25) is 0 Å². The van der Waals surface area contributed by atoms with Gasteiger partial charge in [0.1, 0.15) is 11.3 Å². The molecular weight excluding hydrogens is 356 g/mol. The molecule has 1 amide bonds. The summed E-state index contributed by atoms with van der Waals surface area (Å²) in [5.74, 6) is 0.103. The molecule has 7 heteroatoms. The van der Waals surface area contributed by atoms with Crippen LogP contribution in [0.4, 0.5) is 5.69 Å². The Morgan fingerprint density at radius 3 is 2.29 bits per heavy atom. The van der Waals surface area contributed by atoms with Crippen LogP contribution in [0.15, 0.2) is 39.9 Å². The fourth-order valence-corrected chi connectivity index (χ4v) is 3.43. The Bertz CT molecular complexity index is 1150. The summed E-state index contributed by atoms with van der Waals surface area (Å²) < 4.78 is 4.22. The summed E-state index contributed by atoms with van der Waals surface area (Å²) in [7, 11) is 3.06. The van der Waals surface area contributed by atoms with Crippen LogP contribution in [-0.2, 0) is 20.6 Å². The van der Waals surface area contributed by atoms with E-state index in [2.05, 4.69) is 19.2 Å². The predicted molar refractivity (Wildman–Crippen MR) is 111 cm³/mol. The van der Waals surface area contributed by atoms with Crippen LogP contribution in [0.2, 0.25) is 0 Å². The molecule has 2 heterocycles. The molecule has 0 bridgehead atoms. The van der Waals surface area contributed by atoms with Crippen molar-refractivity contribution in [2.75, 3.05) is 5.32 Å². The summed E-state index contributed by atoms with van der Waals surface area (Å²) in [5, 5.41) is 3.26. The van der Waals surface area contributed by atoms with Crippen molar-refractivity contribution in [3.05, 3.63) is 62.4 Å². The van der Waals surface area contributed by atoms with Crippen molar-refractivity contribution in [1.82, 2.24) is 13.7 Å². The molecule has 3 aromatic rings. The number of fused-ring (bicyclic) bond motifs is 1. The van der Waals surface area contributed by atoms with Gasteiger partial charge in [-0.1, -0.05) is 32.9 Å². The third-order valence-corrected chi connectivity index (χ3v) is 5.01. The zero-order chi connectivity index (χ0) is 20.6. The Balaban J connectivity index is 2.09. The van der Waals surface area contributed by atoms with E-state index in [1.165, 1.54) is 17.2 Å². The van der Waals surface area contributed by atoms with Gasteiger partial charge in [0.05, 0.1) is 5.39 Å². The monoisotopic (exact) mass is 382 g/mol. The summed E-state index contributed by atoms with van der Waals surface area (Å²) in [6.07, 6.45) is 0.760. The molecular formula is C21H26N4O3. The molecule has 0 spiro atoms. The largest absolute Gasteiger partial charge is 0.332 e. The highest BCUT2D eigenvalue weighted by Gasteiger charge is 2.21. The molecule has 3 rings (SSSR count). The Labute approximate surface area is 163 Å². The summed E-state index contributed by atoms with van der Waals surface area (Å²) in [5.41, 5.74) is 1.90. The lowest BCUT2D eigenvalue weighted by Crippen LogP contribution is -2.37. The fraction of sp³-hybridized carbons (Fsp3) is 0.381. The summed E-state index contributed by atoms with van der Waals surface area (Å²) in [4.78, 5) is 37.8. The lowest BCUT2D eigenvalue weighted by molar-refractivity contribution is 0.101. The van der Waals surface area contributed by atoms with Gasteiger partial charge in [0.15, 0.2) is 0 Å². The molecule has 0 radical (unpaired) electrons. The number of hydrogen-bond acceptors (Lipinski definition) is 3. The van der Waals surface area contributed by atoms with Crippen LogP contribution in [0, 0.1) is 0 Å². The fourth-order valence-electron chi connectivity index (χ4n) is 3.43. The van der Waals surface area contributed by atoms with Gasteiger partial charge in [-0.2, -0.15) is 0 Å². The maximum absolute atomic E-state index is 13.0. The predicted octanol–water partition coefficient (Wildman–Crippen LogP) is 2.82. The van der Waals surface area contributed by atoms with E-state index in [0.29, 0.717) is 34.9 Å². The average Bonchev–Trinajstić information content (AvgIpc) is 3.05. The number of carbonyl (C=O) groups excluding carboxylic acids is 1. The molecule has 0 fully saturated rings. The lowest BCUT2D eigenvalue weighted by Gasteiger charge is -2.13. The average molecular weight is 382 g/mol. The number of nitrogens with one attached hydrogen (secondary N) is 1. The molecule has 2 aromatic heterocycles. The minimum absolute atomic E-state index is 0.309. The van der Waals surface area contributed by atoms with Crippen LogP contribution in [0.25, 0.3) is 11.0 Å². The van der Waals surface area contributed by atoms with Crippen molar-refractivity contribution >= 4 is 22.6 Å². The van der Waals surface area contributed by atoms with Crippen LogP contribution < -0.4 is 16.6 Å². The lowest BCUT2D eigenvalue weighted by atomic mass is 10.0. The van der Waals surface area contributed by atoms with Crippen LogP contribution in [0.5, 0.6) is 0 Å². The van der Waals surface area contributed by atoms with Gasteiger partial charge >= 0.3 is 5.69 Å². The first kappa shape index (κ1) is 19.7. The Hall–Kier alpha value is -3.09. The topological polar surface area (TPSA) is 78.0 Å². The van der Waals surface area contributed by atoms with E-state index in [4.69, 9.17) is 0 Å². The van der Waals surface area contributed by atoms with Gasteiger partial charge in [-0.25, -0.2) is 4.79 Å². The molecule has 0 aliphatic heterocycles. The maximum Gasteiger partial charge on any atom is 0.332 e. The van der Waals surface area contributed by atoms with Gasteiger partial charge in [-0.15, -0.1) is 0 Å². The van der Waals surface area contributed by atoms with Crippen LogP contribution in [0.1, 0.15) is 49.2 Å². The van der Waals surface area contributed by atoms with Crippen molar-refractivity contribution in [1.29, 1.82) is 0 Å². The van der Waals surface area contributed by atoms with Crippen molar-refractivity contribution in [2.45, 2.75) is 39.7 Å². The highest BCUT2D eigenvalue weighted by molar-refractivity contribution is 6.06. The SMILES string of the molecule is CCCn1c(C(=O)Nc2ccc(C(C)C)cc2)cc2c(=O)n(C)c(=O)n(C)c21. The third-order valence-electron chi connectivity index (χ3n) is 5.01. The summed E-state index contributed by atoms with van der Waals surface area (Å²) in [6, 6.07) is 9.29. The van der Waals surface area contributed by atoms with E-state index < -0.39 is 11.2 Å². The van der Waals surface area contributed by atoms with Gasteiger partial charge < -0.3 is 9.88 Å². The van der Waals surface area contributed by atoms with Gasteiger partial charge in [0, 0.05) is 26.3 Å². The van der Waals surface area contributed by atoms with Crippen LogP contribution >= 0.6 is 0 Å². The minimum atomic E-state index is -0.413. The number of aryl methyl sites for hydroxylation is 2. The molecule has 0 saturated heterocycles. The van der Waals surface area contributed by atoms with Crippen LogP contribution in [-0.4, -0.2) is 19.6 Å². The first-order valence-corrected chi connectivity index (χ1v) is 9.46. The van der Waals surface area contributed by atoms with E-state index in [0.717, 1.165) is 11.0 Å². The molecule has 0 aliphatic rings. The standard InChI is InChI=1S/C21H26N4O3/c1-6-11-25-17(12-16-19(25)23(4)21(28)24(5)20(16)27)18(26)22-15-9-7-14(8-10-15)13(2)3/h7-10,12-13H,6,11H2,1-5H3,(H,22,26). The molecule has 0 atom stereocenters. The Morgan fingerprint density at radius 2 is 1.71 bits per heavy atom. The van der Waals surface area contributed by atoms with Gasteiger partial charge in [0.25, 0.3) is 11.5 Å². The molecule has 0 unspecified atom stereocenters. The smallest absolute Gasteiger partial charge is 0.322 e. The van der Waals surface area contributed by atoms with E-state index in [1.54, 1.807) is 17.7 Å². The first-order valence-electron chi connectivity index (χ1n) is 9.46. The number of nitrogens with zero attached hydrogens (tertiary/aromatic N) is 3. The van der Waals surface area contributed by atoms with E-state index in [9.17, 15) is 14.4 Å². The Morgan fingerprint density at radius 1 is 1.07 bits per heavy atom. The highest BCUT2D eigenvalue weighted by Crippen LogP contribution is 2.20. The number of carbonyl (C=O) groups is 1. The summed E-state index contributed by atoms with van der Waals surface area (Å²) in [6.45, 7) is 6.74. The van der Waals surface area contributed by atoms with E-state index in [-0.39, 0.29) is 5.91 Å². The Kier molecular flexibility index (Phi) is 5.27. The van der Waals surface area contributed by atoms with Crippen molar-refractivity contribution in [3.63, 3.8) is 0 Å². The zero-order valence-electron chi connectivity index (χ0n) is 16.9. The molecule has 7 nitrogen and oxygen atoms in total. The third kappa shape index (κ3) is 3.28. The van der Waals surface area contributed by atoms with E-state index in [1.807, 2.05) is 31.2 Å². The maximum atomic E-state index is 13.0. The normalized spacial score (nSPS) is 11.4. The quantitative estimate of drug-likeness (QED) is 0.737. The van der Waals surface area contributed by atoms with Gasteiger partial charge in [-0.05, 0) is 36.1 Å². The van der Waals surface area contributed by atoms with Crippen molar-refractivity contribution in [2.24, 2.45) is 14.1 Å². The minimum Gasteiger partial charge on any atom is -0.322 e. The number of benzene rings is 1. The second-order valence-electron chi connectivity index (χ2n) is 7.36. The van der Waals surface area contributed by atoms with Crippen molar-refractivity contribution < 1.29 is 4.79 Å². The molecule has 28 heavy (non-hydrogen) atoms. The molecule has 1 aromatic carbocycles. The first-order chi connectivity index (χ1) is 13.3. The second-order valence-corrected chi connectivity index (χ2v) is 7.36. The highest BCUT2D eigenvalue weighted by atomic mass is 16.2. The summed E-state index contributed by atoms with van der Waals surface area (Å²) >= 11 is 0. The number of hydrogen-bond donors (Lipinski definition) is 1. The van der Waals surface area contributed by atoms with Crippen LogP contribution in [0.3, 0.4) is 0 Å². The van der Waals surface area contributed by atoms with E-state index >= 15 is 0 Å².